The minimum absolute atomic E-state index is 0.318. The molecule has 1 aromatic heterocycles. The number of rotatable bonds is 5. The van der Waals surface area contributed by atoms with Crippen molar-refractivity contribution in [1.29, 1.82) is 0 Å². The number of hydrogen-bond donors (Lipinski definition) is 0. The molecule has 0 aliphatic carbocycles. The number of carbonyl (C=O) groups is 1. The van der Waals surface area contributed by atoms with Gasteiger partial charge in [0.25, 0.3) is 0 Å². The van der Waals surface area contributed by atoms with Crippen LogP contribution in [-0.2, 0) is 11.3 Å². The van der Waals surface area contributed by atoms with Gasteiger partial charge in [0.1, 0.15) is 29.3 Å². The Morgan fingerprint density at radius 1 is 1.16 bits per heavy atom. The highest BCUT2D eigenvalue weighted by molar-refractivity contribution is 9.10. The van der Waals surface area contributed by atoms with Crippen molar-refractivity contribution in [3.63, 3.8) is 0 Å². The van der Waals surface area contributed by atoms with Crippen LogP contribution in [0.2, 0.25) is 0 Å². The zero-order valence-corrected chi connectivity index (χ0v) is 16.0. The van der Waals surface area contributed by atoms with E-state index in [0.29, 0.717) is 41.3 Å². The Hall–Kier alpha value is -2.27. The number of benzene rings is 2. The van der Waals surface area contributed by atoms with E-state index in [1.54, 1.807) is 13.8 Å². The second-order valence-electron chi connectivity index (χ2n) is 5.81. The lowest BCUT2D eigenvalue weighted by Gasteiger charge is -2.09. The lowest BCUT2D eigenvalue weighted by Crippen LogP contribution is -2.05. The first-order valence-corrected chi connectivity index (χ1v) is 8.87. The van der Waals surface area contributed by atoms with E-state index in [1.807, 2.05) is 31.2 Å². The van der Waals surface area contributed by atoms with Crippen LogP contribution in [0.1, 0.15) is 34.2 Å². The van der Waals surface area contributed by atoms with Crippen LogP contribution in [0.15, 0.2) is 45.3 Å². The van der Waals surface area contributed by atoms with Crippen LogP contribution in [0.5, 0.6) is 5.75 Å². The third kappa shape index (κ3) is 3.71. The fourth-order valence-corrected chi connectivity index (χ4v) is 3.07. The molecule has 0 radical (unpaired) electrons. The largest absolute Gasteiger partial charge is 0.488 e. The molecule has 25 heavy (non-hydrogen) atoms. The normalized spacial score (nSPS) is 10.9. The van der Waals surface area contributed by atoms with Crippen molar-refractivity contribution in [2.45, 2.75) is 27.4 Å². The standard InChI is InChI=1S/C20H19BrO4/c1-4-23-20(22)19-13(3)25-17-10-16(21)18(9-15(17)19)24-11-14-7-5-12(2)6-8-14/h5-10H,4,11H2,1-3H3. The molecular formula is C20H19BrO4. The molecular weight excluding hydrogens is 384 g/mol. The molecule has 4 nitrogen and oxygen atoms in total. The molecule has 0 spiro atoms. The molecule has 5 heteroatoms. The third-order valence-electron chi connectivity index (χ3n) is 3.91. The molecule has 0 N–H and O–H groups in total. The molecule has 0 amide bonds. The first-order chi connectivity index (χ1) is 12.0. The van der Waals surface area contributed by atoms with Crippen LogP contribution in [0.25, 0.3) is 11.0 Å². The van der Waals surface area contributed by atoms with E-state index < -0.39 is 0 Å². The Morgan fingerprint density at radius 3 is 2.56 bits per heavy atom. The maximum atomic E-state index is 12.2. The van der Waals surface area contributed by atoms with E-state index in [0.717, 1.165) is 10.0 Å². The fourth-order valence-electron chi connectivity index (χ4n) is 2.63. The summed E-state index contributed by atoms with van der Waals surface area (Å²) in [4.78, 5) is 12.2. The molecule has 3 rings (SSSR count). The van der Waals surface area contributed by atoms with Crippen molar-refractivity contribution in [2.75, 3.05) is 6.61 Å². The summed E-state index contributed by atoms with van der Waals surface area (Å²) in [5.74, 6) is 0.806. The molecule has 0 aliphatic heterocycles. The monoisotopic (exact) mass is 402 g/mol. The van der Waals surface area contributed by atoms with Gasteiger partial charge in [0, 0.05) is 5.39 Å². The number of fused-ring (bicyclic) bond motifs is 1. The van der Waals surface area contributed by atoms with Crippen LogP contribution < -0.4 is 4.74 Å². The molecule has 0 atom stereocenters. The van der Waals surface area contributed by atoms with Gasteiger partial charge in [-0.05, 0) is 54.4 Å². The lowest BCUT2D eigenvalue weighted by atomic mass is 10.1. The molecule has 3 aromatic rings. The highest BCUT2D eigenvalue weighted by atomic mass is 79.9. The van der Waals surface area contributed by atoms with Gasteiger partial charge in [-0.15, -0.1) is 0 Å². The molecule has 0 fully saturated rings. The summed E-state index contributed by atoms with van der Waals surface area (Å²) < 4.78 is 17.5. The van der Waals surface area contributed by atoms with E-state index in [4.69, 9.17) is 13.9 Å². The van der Waals surface area contributed by atoms with Gasteiger partial charge in [0.05, 0.1) is 11.1 Å². The van der Waals surface area contributed by atoms with Crippen LogP contribution in [0, 0.1) is 13.8 Å². The Balaban J connectivity index is 1.92. The molecule has 0 aliphatic rings. The van der Waals surface area contributed by atoms with E-state index >= 15 is 0 Å². The summed E-state index contributed by atoms with van der Waals surface area (Å²) in [6, 6.07) is 11.8. The van der Waals surface area contributed by atoms with Gasteiger partial charge in [-0.2, -0.15) is 0 Å². The zero-order chi connectivity index (χ0) is 18.0. The van der Waals surface area contributed by atoms with Gasteiger partial charge in [-0.3, -0.25) is 0 Å². The number of aryl methyl sites for hydroxylation is 2. The number of carbonyl (C=O) groups excluding carboxylic acids is 1. The second kappa shape index (κ2) is 7.31. The van der Waals surface area contributed by atoms with E-state index in [1.165, 1.54) is 5.56 Å². The topological polar surface area (TPSA) is 48.7 Å². The zero-order valence-electron chi connectivity index (χ0n) is 14.4. The van der Waals surface area contributed by atoms with Crippen LogP contribution in [-0.4, -0.2) is 12.6 Å². The highest BCUT2D eigenvalue weighted by Crippen LogP contribution is 2.35. The Bertz CT molecular complexity index is 910. The summed E-state index contributed by atoms with van der Waals surface area (Å²) in [6.07, 6.45) is 0. The summed E-state index contributed by atoms with van der Waals surface area (Å²) in [5.41, 5.74) is 3.35. The van der Waals surface area contributed by atoms with E-state index in [9.17, 15) is 4.79 Å². The molecule has 0 bridgehead atoms. The van der Waals surface area contributed by atoms with Crippen molar-refractivity contribution in [3.8, 4) is 5.75 Å². The first-order valence-electron chi connectivity index (χ1n) is 8.07. The first kappa shape index (κ1) is 17.5. The van der Waals surface area contributed by atoms with Crippen molar-refractivity contribution < 1.29 is 18.7 Å². The summed E-state index contributed by atoms with van der Waals surface area (Å²) in [6.45, 7) is 6.34. The molecule has 2 aromatic carbocycles. The summed E-state index contributed by atoms with van der Waals surface area (Å²) in [7, 11) is 0. The predicted molar refractivity (Wildman–Crippen MR) is 100 cm³/mol. The Labute approximate surface area is 154 Å². The van der Waals surface area contributed by atoms with Crippen LogP contribution in [0.4, 0.5) is 0 Å². The minimum Gasteiger partial charge on any atom is -0.488 e. The van der Waals surface area contributed by atoms with Crippen LogP contribution >= 0.6 is 15.9 Å². The summed E-state index contributed by atoms with van der Waals surface area (Å²) in [5, 5.41) is 0.693. The molecule has 0 saturated carbocycles. The predicted octanol–water partition coefficient (Wildman–Crippen LogP) is 5.57. The highest BCUT2D eigenvalue weighted by Gasteiger charge is 2.21. The van der Waals surface area contributed by atoms with Crippen molar-refractivity contribution in [3.05, 3.63) is 63.3 Å². The fraction of sp³-hybridized carbons (Fsp3) is 0.250. The Kier molecular flexibility index (Phi) is 5.13. The molecule has 1 heterocycles. The van der Waals surface area contributed by atoms with Gasteiger partial charge in [0.15, 0.2) is 0 Å². The number of hydrogen-bond acceptors (Lipinski definition) is 4. The number of ether oxygens (including phenoxy) is 2. The quantitative estimate of drug-likeness (QED) is 0.523. The maximum absolute atomic E-state index is 12.2. The van der Waals surface area contributed by atoms with Gasteiger partial charge < -0.3 is 13.9 Å². The van der Waals surface area contributed by atoms with Crippen molar-refractivity contribution in [1.82, 2.24) is 0 Å². The van der Waals surface area contributed by atoms with Crippen LogP contribution in [0.3, 0.4) is 0 Å². The van der Waals surface area contributed by atoms with E-state index in [2.05, 4.69) is 28.1 Å². The smallest absolute Gasteiger partial charge is 0.342 e. The van der Waals surface area contributed by atoms with Crippen molar-refractivity contribution >= 4 is 32.9 Å². The number of esters is 1. The Morgan fingerprint density at radius 2 is 1.88 bits per heavy atom. The van der Waals surface area contributed by atoms with Gasteiger partial charge in [-0.25, -0.2) is 4.79 Å². The second-order valence-corrected chi connectivity index (χ2v) is 6.66. The SMILES string of the molecule is CCOC(=O)c1c(C)oc2cc(Br)c(OCc3ccc(C)cc3)cc12. The van der Waals surface area contributed by atoms with Crippen molar-refractivity contribution in [2.24, 2.45) is 0 Å². The lowest BCUT2D eigenvalue weighted by molar-refractivity contribution is 0.0526. The maximum Gasteiger partial charge on any atom is 0.342 e. The molecule has 0 unspecified atom stereocenters. The number of furan rings is 1. The minimum atomic E-state index is -0.384. The van der Waals surface area contributed by atoms with Gasteiger partial charge in [-0.1, -0.05) is 29.8 Å². The van der Waals surface area contributed by atoms with Gasteiger partial charge >= 0.3 is 5.97 Å². The molecule has 130 valence electrons. The number of halogens is 1. The van der Waals surface area contributed by atoms with Gasteiger partial charge in [0.2, 0.25) is 0 Å². The third-order valence-corrected chi connectivity index (χ3v) is 4.53. The average molecular weight is 403 g/mol. The average Bonchev–Trinajstić information content (AvgIpc) is 2.89. The summed E-state index contributed by atoms with van der Waals surface area (Å²) >= 11 is 3.50. The van der Waals surface area contributed by atoms with E-state index in [-0.39, 0.29) is 5.97 Å². The molecule has 0 saturated heterocycles.